The molecular weight excluding hydrogens is 448 g/mol. The highest BCUT2D eigenvalue weighted by atomic mass is 19.4. The number of nitriles is 1. The molecule has 3 atom stereocenters. The van der Waals surface area contributed by atoms with E-state index in [1.165, 1.54) is 6.92 Å². The van der Waals surface area contributed by atoms with Crippen molar-refractivity contribution in [2.24, 2.45) is 5.73 Å². The van der Waals surface area contributed by atoms with E-state index in [2.05, 4.69) is 11.4 Å². The van der Waals surface area contributed by atoms with Crippen molar-refractivity contribution in [1.82, 2.24) is 5.32 Å². The van der Waals surface area contributed by atoms with E-state index in [1.54, 1.807) is 12.1 Å². The van der Waals surface area contributed by atoms with Gasteiger partial charge in [-0.1, -0.05) is 30.3 Å². The molecule has 0 spiro atoms. The normalized spacial score (nSPS) is 24.8. The van der Waals surface area contributed by atoms with Crippen LogP contribution in [0.2, 0.25) is 0 Å². The van der Waals surface area contributed by atoms with Gasteiger partial charge in [0.2, 0.25) is 0 Å². The van der Waals surface area contributed by atoms with Crippen LogP contribution >= 0.6 is 0 Å². The number of piperidine rings is 1. The van der Waals surface area contributed by atoms with Gasteiger partial charge in [0.1, 0.15) is 5.54 Å². The first-order valence-electron chi connectivity index (χ1n) is 10.2. The van der Waals surface area contributed by atoms with Gasteiger partial charge >= 0.3 is 12.4 Å². The fourth-order valence-corrected chi connectivity index (χ4v) is 3.82. The van der Waals surface area contributed by atoms with Gasteiger partial charge in [-0.2, -0.15) is 31.6 Å². The van der Waals surface area contributed by atoms with Crippen LogP contribution in [0.15, 0.2) is 48.5 Å². The molecule has 1 heterocycles. The topological polar surface area (TPSA) is 71.1 Å². The molecule has 0 bridgehead atoms. The average Bonchev–Trinajstić information content (AvgIpc) is 2.78. The zero-order valence-corrected chi connectivity index (χ0v) is 17.7. The second-order valence-electron chi connectivity index (χ2n) is 8.36. The number of nitrogens with one attached hydrogen (secondary N) is 1. The van der Waals surface area contributed by atoms with Crippen LogP contribution in [-0.4, -0.2) is 18.7 Å². The summed E-state index contributed by atoms with van der Waals surface area (Å²) in [6.07, 6.45) is -10.2. The van der Waals surface area contributed by atoms with E-state index in [0.29, 0.717) is 25.0 Å². The predicted octanol–water partition coefficient (Wildman–Crippen LogP) is 5.30. The van der Waals surface area contributed by atoms with E-state index in [1.807, 2.05) is 18.2 Å². The van der Waals surface area contributed by atoms with Gasteiger partial charge in [0.15, 0.2) is 0 Å². The lowest BCUT2D eigenvalue weighted by atomic mass is 9.77. The first kappa shape index (κ1) is 25.0. The van der Waals surface area contributed by atoms with Gasteiger partial charge in [-0.3, -0.25) is 0 Å². The number of rotatable bonds is 5. The highest BCUT2D eigenvalue weighted by Crippen LogP contribution is 2.39. The van der Waals surface area contributed by atoms with E-state index in [4.69, 9.17) is 10.5 Å². The van der Waals surface area contributed by atoms with E-state index in [9.17, 15) is 31.6 Å². The minimum absolute atomic E-state index is 0.0444. The number of halogens is 6. The molecule has 3 N–H and O–H groups in total. The van der Waals surface area contributed by atoms with E-state index < -0.39 is 40.7 Å². The molecule has 2 aromatic rings. The van der Waals surface area contributed by atoms with Gasteiger partial charge in [0, 0.05) is 6.54 Å². The van der Waals surface area contributed by atoms with Gasteiger partial charge in [0.25, 0.3) is 0 Å². The molecule has 0 amide bonds. The Morgan fingerprint density at radius 2 is 1.61 bits per heavy atom. The predicted molar refractivity (Wildman–Crippen MR) is 109 cm³/mol. The molecule has 1 fully saturated rings. The van der Waals surface area contributed by atoms with Crippen molar-refractivity contribution < 1.29 is 31.1 Å². The van der Waals surface area contributed by atoms with Crippen LogP contribution in [0.5, 0.6) is 0 Å². The lowest BCUT2D eigenvalue weighted by Crippen LogP contribution is -2.61. The standard InChI is InChI=1S/C23H23F6N3O/c1-15(16-9-18(22(24,25)26)11-19(10-16)23(27,28)29)33-14-21(17-5-3-2-4-6-17)8-7-20(31,12-30)13-32-21/h2-6,9-11,15,32H,7-8,13-14,31H2,1H3/t15-,20-,21-/m1/s1. The minimum Gasteiger partial charge on any atom is -0.372 e. The van der Waals surface area contributed by atoms with Crippen LogP contribution in [0.3, 0.4) is 0 Å². The molecule has 1 aliphatic heterocycles. The fraction of sp³-hybridized carbons (Fsp3) is 0.435. The fourth-order valence-electron chi connectivity index (χ4n) is 3.82. The number of nitrogens with two attached hydrogens (primary N) is 1. The van der Waals surface area contributed by atoms with Crippen LogP contribution < -0.4 is 11.1 Å². The number of benzene rings is 2. The minimum atomic E-state index is -4.94. The Morgan fingerprint density at radius 3 is 2.06 bits per heavy atom. The zero-order chi connectivity index (χ0) is 24.5. The molecule has 1 saturated heterocycles. The summed E-state index contributed by atoms with van der Waals surface area (Å²) in [7, 11) is 0. The molecule has 0 aliphatic carbocycles. The number of hydrogen-bond acceptors (Lipinski definition) is 4. The zero-order valence-electron chi connectivity index (χ0n) is 17.7. The highest BCUT2D eigenvalue weighted by Gasteiger charge is 2.43. The van der Waals surface area contributed by atoms with Gasteiger partial charge in [0.05, 0.1) is 35.4 Å². The molecule has 0 radical (unpaired) electrons. The van der Waals surface area contributed by atoms with Gasteiger partial charge in [-0.15, -0.1) is 0 Å². The van der Waals surface area contributed by atoms with Crippen LogP contribution in [0.4, 0.5) is 26.3 Å². The molecule has 1 aliphatic rings. The highest BCUT2D eigenvalue weighted by molar-refractivity contribution is 5.35. The van der Waals surface area contributed by atoms with E-state index >= 15 is 0 Å². The van der Waals surface area contributed by atoms with Crippen molar-refractivity contribution in [2.45, 2.75) is 49.3 Å². The Labute approximate surface area is 187 Å². The summed E-state index contributed by atoms with van der Waals surface area (Å²) < 4.78 is 85.1. The molecule has 33 heavy (non-hydrogen) atoms. The Bertz CT molecular complexity index is 973. The molecule has 4 nitrogen and oxygen atoms in total. The first-order chi connectivity index (χ1) is 15.3. The summed E-state index contributed by atoms with van der Waals surface area (Å²) in [5.41, 5.74) is 1.96. The Hall–Kier alpha value is -2.61. The van der Waals surface area contributed by atoms with E-state index in [-0.39, 0.29) is 24.8 Å². The number of hydrogen-bond donors (Lipinski definition) is 2. The van der Waals surface area contributed by atoms with Gasteiger partial charge in [-0.25, -0.2) is 0 Å². The maximum Gasteiger partial charge on any atom is 0.416 e. The average molecular weight is 471 g/mol. The molecule has 10 heteroatoms. The van der Waals surface area contributed by atoms with E-state index in [0.717, 1.165) is 5.56 Å². The molecular formula is C23H23F6N3O. The molecule has 2 aromatic carbocycles. The van der Waals surface area contributed by atoms with Crippen molar-refractivity contribution in [3.63, 3.8) is 0 Å². The van der Waals surface area contributed by atoms with Crippen LogP contribution in [0.25, 0.3) is 0 Å². The van der Waals surface area contributed by atoms with Crippen LogP contribution in [-0.2, 0) is 22.6 Å². The van der Waals surface area contributed by atoms with Gasteiger partial charge in [-0.05, 0) is 49.1 Å². The molecule has 0 unspecified atom stereocenters. The Kier molecular flexibility index (Phi) is 6.80. The Balaban J connectivity index is 1.88. The summed E-state index contributed by atoms with van der Waals surface area (Å²) in [6.45, 7) is 1.51. The largest absolute Gasteiger partial charge is 0.416 e. The molecule has 0 saturated carbocycles. The first-order valence-corrected chi connectivity index (χ1v) is 10.2. The molecule has 3 rings (SSSR count). The maximum absolute atomic E-state index is 13.2. The summed E-state index contributed by atoms with van der Waals surface area (Å²) in [6, 6.07) is 12.6. The third kappa shape index (κ3) is 5.66. The quantitative estimate of drug-likeness (QED) is 0.581. The lowest BCUT2D eigenvalue weighted by Gasteiger charge is -2.44. The monoisotopic (exact) mass is 471 g/mol. The van der Waals surface area contributed by atoms with Crippen molar-refractivity contribution >= 4 is 0 Å². The third-order valence-electron chi connectivity index (χ3n) is 5.95. The molecule has 178 valence electrons. The second kappa shape index (κ2) is 8.97. The SMILES string of the molecule is C[C@@H](OC[C@@]1(c2ccccc2)CC[C@@](N)(C#N)CN1)c1cc(C(F)(F)F)cc(C(F)(F)F)c1. The molecule has 0 aromatic heterocycles. The number of alkyl halides is 6. The van der Waals surface area contributed by atoms with Crippen molar-refractivity contribution in [3.8, 4) is 6.07 Å². The van der Waals surface area contributed by atoms with Crippen LogP contribution in [0.1, 0.15) is 48.1 Å². The number of nitrogens with zero attached hydrogens (tertiary/aromatic N) is 1. The summed E-state index contributed by atoms with van der Waals surface area (Å²) in [5, 5.41) is 12.5. The van der Waals surface area contributed by atoms with Crippen LogP contribution in [0, 0.1) is 11.3 Å². The van der Waals surface area contributed by atoms with Crippen molar-refractivity contribution in [1.29, 1.82) is 5.26 Å². The maximum atomic E-state index is 13.2. The smallest absolute Gasteiger partial charge is 0.372 e. The van der Waals surface area contributed by atoms with Gasteiger partial charge < -0.3 is 15.8 Å². The Morgan fingerprint density at radius 1 is 1.03 bits per heavy atom. The number of ether oxygens (including phenoxy) is 1. The third-order valence-corrected chi connectivity index (χ3v) is 5.95. The second-order valence-corrected chi connectivity index (χ2v) is 8.36. The summed E-state index contributed by atoms with van der Waals surface area (Å²) in [4.78, 5) is 0. The van der Waals surface area contributed by atoms with Crippen molar-refractivity contribution in [3.05, 3.63) is 70.8 Å². The van der Waals surface area contributed by atoms with Crippen molar-refractivity contribution in [2.75, 3.05) is 13.2 Å². The summed E-state index contributed by atoms with van der Waals surface area (Å²) in [5.74, 6) is 0. The summed E-state index contributed by atoms with van der Waals surface area (Å²) >= 11 is 0. The lowest BCUT2D eigenvalue weighted by molar-refractivity contribution is -0.143.